The second-order valence-corrected chi connectivity index (χ2v) is 5.37. The summed E-state index contributed by atoms with van der Waals surface area (Å²) < 4.78 is 37.8. The molecule has 0 amide bonds. The number of aliphatic hydroxyl groups is 1. The summed E-state index contributed by atoms with van der Waals surface area (Å²) in [5, 5.41) is 16.1. The van der Waals surface area contributed by atoms with Gasteiger partial charge < -0.3 is 5.11 Å². The van der Waals surface area contributed by atoms with Crippen LogP contribution in [-0.2, 0) is 11.0 Å². The van der Waals surface area contributed by atoms with Crippen LogP contribution in [0, 0.1) is 0 Å². The first-order chi connectivity index (χ1) is 10.2. The van der Waals surface area contributed by atoms with Gasteiger partial charge in [-0.25, -0.2) is 0 Å². The van der Waals surface area contributed by atoms with Crippen LogP contribution in [0.2, 0.25) is 10.0 Å². The molecular weight excluding hydrogens is 344 g/mol. The Hall–Kier alpha value is -1.60. The van der Waals surface area contributed by atoms with Gasteiger partial charge in [0.2, 0.25) is 0 Å². The van der Waals surface area contributed by atoms with Crippen LogP contribution < -0.4 is 0 Å². The number of allylic oxidation sites excluding steroid dienone is 2. The quantitative estimate of drug-likeness (QED) is 0.702. The summed E-state index contributed by atoms with van der Waals surface area (Å²) >= 11 is 11.5. The fourth-order valence-corrected chi connectivity index (χ4v) is 2.41. The van der Waals surface area contributed by atoms with E-state index in [1.54, 1.807) is 0 Å². The van der Waals surface area contributed by atoms with Gasteiger partial charge in [-0.2, -0.15) is 13.2 Å². The lowest BCUT2D eigenvalue weighted by molar-refractivity contribution is -0.137. The lowest BCUT2D eigenvalue weighted by Crippen LogP contribution is -2.09. The van der Waals surface area contributed by atoms with Gasteiger partial charge in [0.1, 0.15) is 11.4 Å². The summed E-state index contributed by atoms with van der Waals surface area (Å²) in [4.78, 5) is 11.6. The van der Waals surface area contributed by atoms with E-state index in [2.05, 4.69) is 10.2 Å². The molecule has 0 saturated heterocycles. The molecule has 1 N–H and O–H groups in total. The Labute approximate surface area is 133 Å². The van der Waals surface area contributed by atoms with E-state index in [1.165, 1.54) is 0 Å². The van der Waals surface area contributed by atoms with Gasteiger partial charge >= 0.3 is 6.18 Å². The Bertz CT molecular complexity index is 661. The number of ketones is 1. The van der Waals surface area contributed by atoms with E-state index in [-0.39, 0.29) is 40.0 Å². The standard InChI is InChI=1S/C13H9Cl2F3N2O2/c14-7-4-6(13(16,17)18)5-8(15)11(7)19-20-12-9(21)2-1-3-10(12)22/h4-5,21H,1-3H2. The van der Waals surface area contributed by atoms with Gasteiger partial charge in [0.15, 0.2) is 11.5 Å². The predicted octanol–water partition coefficient (Wildman–Crippen LogP) is 5.62. The zero-order chi connectivity index (χ0) is 16.5. The van der Waals surface area contributed by atoms with E-state index in [0.717, 1.165) is 0 Å². The fraction of sp³-hybridized carbons (Fsp3) is 0.308. The highest BCUT2D eigenvalue weighted by atomic mass is 35.5. The van der Waals surface area contributed by atoms with Gasteiger partial charge in [-0.1, -0.05) is 23.2 Å². The molecule has 1 aromatic rings. The number of halogens is 5. The van der Waals surface area contributed by atoms with Crippen molar-refractivity contribution in [1.82, 2.24) is 0 Å². The molecule has 9 heteroatoms. The highest BCUT2D eigenvalue weighted by Crippen LogP contribution is 2.40. The number of carbonyl (C=O) groups is 1. The van der Waals surface area contributed by atoms with Crippen molar-refractivity contribution in [3.63, 3.8) is 0 Å². The lowest BCUT2D eigenvalue weighted by Gasteiger charge is -2.11. The van der Waals surface area contributed by atoms with Crippen LogP contribution in [0.25, 0.3) is 0 Å². The molecule has 0 heterocycles. The van der Waals surface area contributed by atoms with E-state index < -0.39 is 17.5 Å². The first kappa shape index (κ1) is 16.8. The van der Waals surface area contributed by atoms with E-state index in [9.17, 15) is 23.1 Å². The number of hydrogen-bond donors (Lipinski definition) is 1. The van der Waals surface area contributed by atoms with Gasteiger partial charge in [0.05, 0.1) is 15.6 Å². The van der Waals surface area contributed by atoms with Gasteiger partial charge in [0, 0.05) is 12.8 Å². The Kier molecular flexibility index (Phi) is 4.77. The molecule has 0 fully saturated rings. The molecule has 1 aliphatic carbocycles. The minimum atomic E-state index is -4.59. The SMILES string of the molecule is O=C1CCCC(O)=C1N=Nc1c(Cl)cc(C(F)(F)F)cc1Cl. The Balaban J connectivity index is 2.38. The predicted molar refractivity (Wildman–Crippen MR) is 74.5 cm³/mol. The fourth-order valence-electron chi connectivity index (χ4n) is 1.85. The molecule has 0 aliphatic heterocycles. The zero-order valence-corrected chi connectivity index (χ0v) is 12.4. The topological polar surface area (TPSA) is 62.0 Å². The number of aliphatic hydroxyl groups excluding tert-OH is 1. The summed E-state index contributed by atoms with van der Waals surface area (Å²) in [5.41, 5.74) is -1.44. The summed E-state index contributed by atoms with van der Waals surface area (Å²) in [6.45, 7) is 0. The molecule has 1 aliphatic rings. The molecule has 4 nitrogen and oxygen atoms in total. The molecule has 2 rings (SSSR count). The molecule has 22 heavy (non-hydrogen) atoms. The maximum Gasteiger partial charge on any atom is 0.416 e. The van der Waals surface area contributed by atoms with Crippen molar-refractivity contribution in [2.75, 3.05) is 0 Å². The zero-order valence-electron chi connectivity index (χ0n) is 10.9. The van der Waals surface area contributed by atoms with Crippen molar-refractivity contribution < 1.29 is 23.1 Å². The number of azo groups is 1. The first-order valence-electron chi connectivity index (χ1n) is 6.13. The summed E-state index contributed by atoms with van der Waals surface area (Å²) in [5.74, 6) is -0.606. The van der Waals surface area contributed by atoms with Crippen molar-refractivity contribution >= 4 is 34.7 Å². The molecule has 0 spiro atoms. The van der Waals surface area contributed by atoms with Crippen molar-refractivity contribution in [3.05, 3.63) is 39.2 Å². The minimum absolute atomic E-state index is 0.199. The van der Waals surface area contributed by atoms with E-state index in [1.807, 2.05) is 0 Å². The van der Waals surface area contributed by atoms with Gasteiger partial charge in [-0.15, -0.1) is 10.2 Å². The molecule has 0 aromatic heterocycles. The molecule has 0 unspecified atom stereocenters. The third kappa shape index (κ3) is 3.59. The molecular formula is C13H9Cl2F3N2O2. The third-order valence-electron chi connectivity index (χ3n) is 2.95. The lowest BCUT2D eigenvalue weighted by atomic mass is 10.0. The highest BCUT2D eigenvalue weighted by molar-refractivity contribution is 6.38. The molecule has 0 radical (unpaired) electrons. The van der Waals surface area contributed by atoms with Gasteiger partial charge in [-0.3, -0.25) is 4.79 Å². The van der Waals surface area contributed by atoms with Crippen LogP contribution in [0.3, 0.4) is 0 Å². The Morgan fingerprint density at radius 3 is 2.18 bits per heavy atom. The first-order valence-corrected chi connectivity index (χ1v) is 6.89. The molecule has 0 saturated carbocycles. The largest absolute Gasteiger partial charge is 0.510 e. The Morgan fingerprint density at radius 2 is 1.68 bits per heavy atom. The number of carbonyl (C=O) groups excluding carboxylic acids is 1. The van der Waals surface area contributed by atoms with E-state index in [4.69, 9.17) is 23.2 Å². The number of alkyl halides is 3. The molecule has 0 bridgehead atoms. The third-order valence-corrected chi connectivity index (χ3v) is 3.53. The van der Waals surface area contributed by atoms with Crippen molar-refractivity contribution in [2.45, 2.75) is 25.4 Å². The second kappa shape index (κ2) is 6.26. The van der Waals surface area contributed by atoms with Crippen molar-refractivity contribution in [3.8, 4) is 0 Å². The number of nitrogens with zero attached hydrogens (tertiary/aromatic N) is 2. The normalized spacial score (nSPS) is 16.7. The van der Waals surface area contributed by atoms with Crippen LogP contribution in [0.4, 0.5) is 18.9 Å². The van der Waals surface area contributed by atoms with Crippen LogP contribution in [0.15, 0.2) is 33.8 Å². The monoisotopic (exact) mass is 352 g/mol. The average Bonchev–Trinajstić information content (AvgIpc) is 2.39. The van der Waals surface area contributed by atoms with Gasteiger partial charge in [-0.05, 0) is 18.6 Å². The Morgan fingerprint density at radius 1 is 1.09 bits per heavy atom. The van der Waals surface area contributed by atoms with Crippen LogP contribution >= 0.6 is 23.2 Å². The summed E-state index contributed by atoms with van der Waals surface area (Å²) in [6.07, 6.45) is -3.59. The summed E-state index contributed by atoms with van der Waals surface area (Å²) in [7, 11) is 0. The number of hydrogen-bond acceptors (Lipinski definition) is 4. The number of benzene rings is 1. The molecule has 118 valence electrons. The number of rotatable bonds is 2. The van der Waals surface area contributed by atoms with E-state index in [0.29, 0.717) is 18.6 Å². The highest BCUT2D eigenvalue weighted by Gasteiger charge is 2.32. The maximum absolute atomic E-state index is 12.6. The van der Waals surface area contributed by atoms with Crippen molar-refractivity contribution in [2.24, 2.45) is 10.2 Å². The van der Waals surface area contributed by atoms with Crippen LogP contribution in [0.1, 0.15) is 24.8 Å². The van der Waals surface area contributed by atoms with Crippen LogP contribution in [0.5, 0.6) is 0 Å². The van der Waals surface area contributed by atoms with Crippen LogP contribution in [-0.4, -0.2) is 10.9 Å². The maximum atomic E-state index is 12.6. The van der Waals surface area contributed by atoms with Crippen molar-refractivity contribution in [1.29, 1.82) is 0 Å². The molecule has 1 aromatic carbocycles. The summed E-state index contributed by atoms with van der Waals surface area (Å²) in [6, 6.07) is 1.33. The average molecular weight is 353 g/mol. The van der Waals surface area contributed by atoms with Gasteiger partial charge in [0.25, 0.3) is 0 Å². The number of Topliss-reactive ketones (excluding diaryl/α,β-unsaturated/α-hetero) is 1. The minimum Gasteiger partial charge on any atom is -0.510 e. The second-order valence-electron chi connectivity index (χ2n) is 4.56. The smallest absolute Gasteiger partial charge is 0.416 e. The van der Waals surface area contributed by atoms with E-state index >= 15 is 0 Å². The molecule has 0 atom stereocenters.